The lowest BCUT2D eigenvalue weighted by molar-refractivity contribution is -0.126. The molecule has 1 aliphatic rings. The maximum absolute atomic E-state index is 12.6. The molecule has 1 aromatic heterocycles. The van der Waals surface area contributed by atoms with E-state index in [0.717, 1.165) is 31.5 Å². The zero-order valence-corrected chi connectivity index (χ0v) is 22.2. The van der Waals surface area contributed by atoms with Crippen molar-refractivity contribution in [3.8, 4) is 0 Å². The molecule has 10 nitrogen and oxygen atoms in total. The third kappa shape index (κ3) is 8.91. The average molecular weight is 503 g/mol. The fourth-order valence-corrected chi connectivity index (χ4v) is 3.68. The lowest BCUT2D eigenvalue weighted by atomic mass is 9.99. The number of nitrogens with one attached hydrogen (secondary N) is 1. The van der Waals surface area contributed by atoms with E-state index in [-0.39, 0.29) is 37.7 Å². The number of nitrogens with zero attached hydrogens (tertiary/aromatic N) is 4. The third-order valence-electron chi connectivity index (χ3n) is 6.24. The first kappa shape index (κ1) is 29.3. The smallest absolute Gasteiger partial charge is 0.409 e. The van der Waals surface area contributed by atoms with Crippen LogP contribution in [-0.4, -0.2) is 76.7 Å². The van der Waals surface area contributed by atoms with Crippen LogP contribution in [0, 0.1) is 6.92 Å². The maximum atomic E-state index is 12.6. The minimum Gasteiger partial charge on any atom is -0.448 e. The molecule has 1 saturated heterocycles. The van der Waals surface area contributed by atoms with Crippen molar-refractivity contribution in [2.24, 2.45) is 5.73 Å². The van der Waals surface area contributed by atoms with Crippen molar-refractivity contribution in [3.05, 3.63) is 48.1 Å². The van der Waals surface area contributed by atoms with Gasteiger partial charge in [0.1, 0.15) is 18.3 Å². The Bertz CT molecular complexity index is 931. The minimum atomic E-state index is -0.968. The van der Waals surface area contributed by atoms with Crippen LogP contribution in [0.5, 0.6) is 0 Å². The Hall–Kier alpha value is -2.98. The molecule has 0 aliphatic carbocycles. The molecule has 2 amide bonds. The number of amides is 2. The van der Waals surface area contributed by atoms with Crippen LogP contribution in [0.2, 0.25) is 0 Å². The van der Waals surface area contributed by atoms with Crippen LogP contribution in [0.1, 0.15) is 57.6 Å². The molecular formula is C26H42N6O4. The van der Waals surface area contributed by atoms with Crippen molar-refractivity contribution in [1.29, 1.82) is 0 Å². The molecule has 3 N–H and O–H groups in total. The topological polar surface area (TPSA) is 125 Å². The van der Waals surface area contributed by atoms with Gasteiger partial charge < -0.3 is 30.0 Å². The molecular weight excluding hydrogens is 460 g/mol. The summed E-state index contributed by atoms with van der Waals surface area (Å²) in [5, 5.41) is 11.5. The van der Waals surface area contributed by atoms with E-state index in [9.17, 15) is 9.59 Å². The van der Waals surface area contributed by atoms with Gasteiger partial charge in [0.2, 0.25) is 5.91 Å². The highest BCUT2D eigenvalue weighted by atomic mass is 16.6. The Morgan fingerprint density at radius 1 is 1.28 bits per heavy atom. The number of ether oxygens (including phenoxy) is 2. The predicted molar refractivity (Wildman–Crippen MR) is 139 cm³/mol. The molecule has 200 valence electrons. The molecule has 36 heavy (non-hydrogen) atoms. The zero-order valence-electron chi connectivity index (χ0n) is 22.2. The van der Waals surface area contributed by atoms with Gasteiger partial charge in [-0.2, -0.15) is 0 Å². The Kier molecular flexibility index (Phi) is 11.8. The molecule has 0 radical (unpaired) electrons. The summed E-state index contributed by atoms with van der Waals surface area (Å²) < 4.78 is 13.3. The van der Waals surface area contributed by atoms with Crippen molar-refractivity contribution in [2.75, 3.05) is 39.5 Å². The van der Waals surface area contributed by atoms with Gasteiger partial charge in [0.25, 0.3) is 0 Å². The van der Waals surface area contributed by atoms with E-state index in [4.69, 9.17) is 15.2 Å². The molecule has 10 heteroatoms. The van der Waals surface area contributed by atoms with Crippen LogP contribution in [0.25, 0.3) is 0 Å². The van der Waals surface area contributed by atoms with E-state index >= 15 is 0 Å². The lowest BCUT2D eigenvalue weighted by Crippen LogP contribution is -2.52. The van der Waals surface area contributed by atoms with Gasteiger partial charge in [-0.05, 0) is 45.6 Å². The van der Waals surface area contributed by atoms with Crippen LogP contribution < -0.4 is 11.1 Å². The SMILES string of the molecule is C=C(/C=C\C=C/C)COC[C@@H](CNC(=O)C(C)(N)CC)c1nnc(C)n1CCOC(=O)N1CCCC1. The van der Waals surface area contributed by atoms with E-state index in [2.05, 4.69) is 22.1 Å². The van der Waals surface area contributed by atoms with E-state index in [1.54, 1.807) is 11.8 Å². The largest absolute Gasteiger partial charge is 0.448 e. The van der Waals surface area contributed by atoms with Crippen molar-refractivity contribution in [3.63, 3.8) is 0 Å². The number of allylic oxidation sites excluding steroid dienone is 3. The van der Waals surface area contributed by atoms with Gasteiger partial charge in [0.05, 0.1) is 31.2 Å². The standard InChI is InChI=1S/C26H42N6O4/c1-6-8-9-12-20(3)18-35-19-22(17-28-24(33)26(5,27)7-2)23-30-29-21(4)32(23)15-16-36-25(34)31-13-10-11-14-31/h6,8-9,12,22H,3,7,10-11,13-19,27H2,1-2,4-5H3,(H,28,33)/b8-6-,12-9-/t22-,26?/m1/s1. The second-order valence-corrected chi connectivity index (χ2v) is 9.30. The van der Waals surface area contributed by atoms with Crippen LogP contribution >= 0.6 is 0 Å². The summed E-state index contributed by atoms with van der Waals surface area (Å²) >= 11 is 0. The minimum absolute atomic E-state index is 0.199. The summed E-state index contributed by atoms with van der Waals surface area (Å²) in [4.78, 5) is 26.6. The van der Waals surface area contributed by atoms with Gasteiger partial charge in [-0.3, -0.25) is 4.79 Å². The second-order valence-electron chi connectivity index (χ2n) is 9.30. The van der Waals surface area contributed by atoms with Crippen LogP contribution in [0.3, 0.4) is 0 Å². The highest BCUT2D eigenvalue weighted by Crippen LogP contribution is 2.17. The van der Waals surface area contributed by atoms with E-state index in [1.807, 2.05) is 49.6 Å². The number of hydrogen-bond acceptors (Lipinski definition) is 7. The molecule has 1 aliphatic heterocycles. The van der Waals surface area contributed by atoms with Gasteiger partial charge in [-0.25, -0.2) is 4.79 Å². The van der Waals surface area contributed by atoms with E-state index in [0.29, 0.717) is 31.2 Å². The first-order valence-corrected chi connectivity index (χ1v) is 12.6. The molecule has 2 atom stereocenters. The third-order valence-corrected chi connectivity index (χ3v) is 6.24. The van der Waals surface area contributed by atoms with Crippen LogP contribution in [0.4, 0.5) is 4.79 Å². The summed E-state index contributed by atoms with van der Waals surface area (Å²) in [6, 6.07) is 0. The fraction of sp³-hybridized carbons (Fsp3) is 0.615. The zero-order chi connectivity index (χ0) is 26.6. The summed E-state index contributed by atoms with van der Waals surface area (Å²) in [6.45, 7) is 14.3. The Balaban J connectivity index is 2.07. The van der Waals surface area contributed by atoms with Crippen molar-refractivity contribution in [1.82, 2.24) is 25.0 Å². The lowest BCUT2D eigenvalue weighted by Gasteiger charge is -2.24. The van der Waals surface area contributed by atoms with Crippen molar-refractivity contribution < 1.29 is 19.1 Å². The number of rotatable bonds is 14. The molecule has 1 aromatic rings. The van der Waals surface area contributed by atoms with Gasteiger partial charge in [0.15, 0.2) is 0 Å². The van der Waals surface area contributed by atoms with Gasteiger partial charge in [0, 0.05) is 19.6 Å². The first-order valence-electron chi connectivity index (χ1n) is 12.6. The van der Waals surface area contributed by atoms with Crippen molar-refractivity contribution >= 4 is 12.0 Å². The number of aryl methyl sites for hydroxylation is 1. The summed E-state index contributed by atoms with van der Waals surface area (Å²) in [5.41, 5.74) is 5.96. The number of aromatic nitrogens is 3. The van der Waals surface area contributed by atoms with Gasteiger partial charge in [-0.1, -0.05) is 37.8 Å². The average Bonchev–Trinajstić information content (AvgIpc) is 3.52. The monoisotopic (exact) mass is 502 g/mol. The van der Waals surface area contributed by atoms with Crippen LogP contribution in [0.15, 0.2) is 36.5 Å². The number of nitrogens with two attached hydrogens (primary N) is 1. The Labute approximate surface area is 214 Å². The normalized spacial score (nSPS) is 16.4. The van der Waals surface area contributed by atoms with E-state index < -0.39 is 5.54 Å². The second kappa shape index (κ2) is 14.5. The number of carbonyl (C=O) groups excluding carboxylic acids is 2. The molecule has 0 bridgehead atoms. The van der Waals surface area contributed by atoms with Crippen LogP contribution in [-0.2, 0) is 20.8 Å². The van der Waals surface area contributed by atoms with Crippen molar-refractivity contribution in [2.45, 2.75) is 65.0 Å². The molecule has 0 spiro atoms. The number of carbonyl (C=O) groups is 2. The molecule has 2 rings (SSSR count). The van der Waals surface area contributed by atoms with E-state index in [1.165, 1.54) is 0 Å². The predicted octanol–water partition coefficient (Wildman–Crippen LogP) is 2.85. The maximum Gasteiger partial charge on any atom is 0.409 e. The number of likely N-dealkylation sites (tertiary alicyclic amines) is 1. The molecule has 1 fully saturated rings. The summed E-state index contributed by atoms with van der Waals surface area (Å²) in [5.74, 6) is 0.810. The Morgan fingerprint density at radius 3 is 2.67 bits per heavy atom. The summed E-state index contributed by atoms with van der Waals surface area (Å²) in [7, 11) is 0. The van der Waals surface area contributed by atoms with Gasteiger partial charge >= 0.3 is 6.09 Å². The quantitative estimate of drug-likeness (QED) is 0.375. The summed E-state index contributed by atoms with van der Waals surface area (Å²) in [6.07, 6.45) is 9.88. The number of hydrogen-bond donors (Lipinski definition) is 2. The molecule has 0 saturated carbocycles. The molecule has 2 heterocycles. The Morgan fingerprint density at radius 2 is 2.00 bits per heavy atom. The highest BCUT2D eigenvalue weighted by Gasteiger charge is 2.28. The highest BCUT2D eigenvalue weighted by molar-refractivity contribution is 5.85. The molecule has 0 aromatic carbocycles. The first-order chi connectivity index (χ1) is 17.2. The van der Waals surface area contributed by atoms with Gasteiger partial charge in [-0.15, -0.1) is 10.2 Å². The molecule has 1 unspecified atom stereocenters. The fourth-order valence-electron chi connectivity index (χ4n) is 3.68.